The molecule has 0 saturated heterocycles. The molecule has 1 heterocycles. The molecule has 0 aliphatic heterocycles. The van der Waals surface area contributed by atoms with E-state index in [1.165, 1.54) is 25.5 Å². The summed E-state index contributed by atoms with van der Waals surface area (Å²) in [5.74, 6) is 0.553. The first-order valence-electron chi connectivity index (χ1n) is 4.88. The Morgan fingerprint density at radius 3 is 2.46 bits per heavy atom. The Morgan fingerprint density at radius 1 is 1.08 bits per heavy atom. The summed E-state index contributed by atoms with van der Waals surface area (Å²) in [6, 6.07) is 0. The van der Waals surface area contributed by atoms with E-state index in [2.05, 4.69) is 9.97 Å². The van der Waals surface area contributed by atoms with Crippen LogP contribution in [0.1, 0.15) is 43.7 Å². The molecule has 1 aromatic rings. The summed E-state index contributed by atoms with van der Waals surface area (Å²) in [5, 5.41) is 9.49. The van der Waals surface area contributed by atoms with Crippen LogP contribution in [-0.4, -0.2) is 15.1 Å². The molecule has 0 atom stereocenters. The maximum atomic E-state index is 9.49. The molecule has 3 nitrogen and oxygen atoms in total. The van der Waals surface area contributed by atoms with Crippen molar-refractivity contribution in [2.75, 3.05) is 0 Å². The van der Waals surface area contributed by atoms with Crippen molar-refractivity contribution in [3.63, 3.8) is 0 Å². The molecule has 13 heavy (non-hydrogen) atoms. The summed E-state index contributed by atoms with van der Waals surface area (Å²) in [4.78, 5) is 8.04. The average molecular weight is 178 g/mol. The van der Waals surface area contributed by atoms with Gasteiger partial charge in [-0.1, -0.05) is 19.3 Å². The smallest absolute Gasteiger partial charge is 0.233 e. The molecule has 0 radical (unpaired) electrons. The average Bonchev–Trinajstić information content (AvgIpc) is 2.20. The molecule has 1 saturated carbocycles. The molecule has 1 aliphatic carbocycles. The summed E-state index contributed by atoms with van der Waals surface area (Å²) in [6.07, 6.45) is 9.29. The number of hydrogen-bond donors (Lipinski definition) is 1. The van der Waals surface area contributed by atoms with Gasteiger partial charge in [-0.15, -0.1) is 0 Å². The Kier molecular flexibility index (Phi) is 2.43. The van der Waals surface area contributed by atoms with Crippen LogP contribution in [0, 0.1) is 0 Å². The zero-order valence-electron chi connectivity index (χ0n) is 7.61. The van der Waals surface area contributed by atoms with E-state index < -0.39 is 0 Å². The highest BCUT2D eigenvalue weighted by Crippen LogP contribution is 2.34. The van der Waals surface area contributed by atoms with Crippen molar-refractivity contribution in [1.82, 2.24) is 9.97 Å². The number of rotatable bonds is 1. The fraction of sp³-hybridized carbons (Fsp3) is 0.600. The standard InChI is InChI=1S/C10H14N2O/c13-10-9(11-6-7-12-10)8-4-2-1-3-5-8/h6-8H,1-5H2,(H,12,13). The predicted octanol–water partition coefficient (Wildman–Crippen LogP) is 2.23. The molecule has 1 fully saturated rings. The topological polar surface area (TPSA) is 46.0 Å². The fourth-order valence-electron chi connectivity index (χ4n) is 2.01. The quantitative estimate of drug-likeness (QED) is 0.717. The zero-order valence-corrected chi connectivity index (χ0v) is 7.61. The molecular formula is C10H14N2O. The normalized spacial score (nSPS) is 18.8. The van der Waals surface area contributed by atoms with Crippen LogP contribution in [-0.2, 0) is 0 Å². The lowest BCUT2D eigenvalue weighted by Crippen LogP contribution is -2.07. The Labute approximate surface area is 77.8 Å². The minimum atomic E-state index is 0.120. The van der Waals surface area contributed by atoms with Crippen LogP contribution in [0.4, 0.5) is 0 Å². The SMILES string of the molecule is Oc1nccnc1C1CCCCC1. The molecule has 0 bridgehead atoms. The van der Waals surface area contributed by atoms with Gasteiger partial charge >= 0.3 is 0 Å². The van der Waals surface area contributed by atoms with Gasteiger partial charge in [-0.2, -0.15) is 0 Å². The minimum Gasteiger partial charge on any atom is -0.492 e. The second-order valence-electron chi connectivity index (χ2n) is 3.60. The van der Waals surface area contributed by atoms with Crippen LogP contribution < -0.4 is 0 Å². The van der Waals surface area contributed by atoms with Crippen LogP contribution in [0.25, 0.3) is 0 Å². The van der Waals surface area contributed by atoms with Crippen LogP contribution in [0.2, 0.25) is 0 Å². The van der Waals surface area contributed by atoms with E-state index in [0.717, 1.165) is 18.5 Å². The molecule has 3 heteroatoms. The summed E-state index contributed by atoms with van der Waals surface area (Å²) in [6.45, 7) is 0. The third kappa shape index (κ3) is 1.79. The number of nitrogens with zero attached hydrogens (tertiary/aromatic N) is 2. The lowest BCUT2D eigenvalue weighted by molar-refractivity contribution is 0.394. The predicted molar refractivity (Wildman–Crippen MR) is 49.5 cm³/mol. The van der Waals surface area contributed by atoms with Crippen LogP contribution in [0.15, 0.2) is 12.4 Å². The molecule has 1 aliphatic rings. The van der Waals surface area contributed by atoms with Gasteiger partial charge in [-0.25, -0.2) is 4.98 Å². The Hall–Kier alpha value is -1.12. The molecule has 0 aromatic carbocycles. The fourth-order valence-corrected chi connectivity index (χ4v) is 2.01. The van der Waals surface area contributed by atoms with Gasteiger partial charge in [0.15, 0.2) is 0 Å². The maximum absolute atomic E-state index is 9.49. The summed E-state index contributed by atoms with van der Waals surface area (Å²) in [5.41, 5.74) is 0.794. The van der Waals surface area contributed by atoms with E-state index in [9.17, 15) is 5.11 Å². The van der Waals surface area contributed by atoms with Crippen molar-refractivity contribution in [2.45, 2.75) is 38.0 Å². The van der Waals surface area contributed by atoms with Crippen LogP contribution in [0.5, 0.6) is 5.88 Å². The molecule has 2 rings (SSSR count). The maximum Gasteiger partial charge on any atom is 0.233 e. The highest BCUT2D eigenvalue weighted by Gasteiger charge is 2.19. The number of aromatic nitrogens is 2. The first-order valence-corrected chi connectivity index (χ1v) is 4.88. The van der Waals surface area contributed by atoms with E-state index >= 15 is 0 Å². The highest BCUT2D eigenvalue weighted by atomic mass is 16.3. The molecule has 0 amide bonds. The van der Waals surface area contributed by atoms with E-state index in [0.29, 0.717) is 5.92 Å². The van der Waals surface area contributed by atoms with E-state index in [1.54, 1.807) is 6.20 Å². The Bertz CT molecular complexity index is 282. The van der Waals surface area contributed by atoms with E-state index in [4.69, 9.17) is 0 Å². The summed E-state index contributed by atoms with van der Waals surface area (Å²) >= 11 is 0. The monoisotopic (exact) mass is 178 g/mol. The van der Waals surface area contributed by atoms with E-state index in [1.807, 2.05) is 0 Å². The third-order valence-corrected chi connectivity index (χ3v) is 2.70. The van der Waals surface area contributed by atoms with Gasteiger partial charge in [0.1, 0.15) is 5.69 Å². The molecule has 0 spiro atoms. The minimum absolute atomic E-state index is 0.120. The second-order valence-corrected chi connectivity index (χ2v) is 3.60. The molecule has 0 unspecified atom stereocenters. The number of hydrogen-bond acceptors (Lipinski definition) is 3. The van der Waals surface area contributed by atoms with Gasteiger partial charge in [-0.05, 0) is 12.8 Å². The molecular weight excluding hydrogens is 164 g/mol. The zero-order chi connectivity index (χ0) is 9.10. The summed E-state index contributed by atoms with van der Waals surface area (Å²) in [7, 11) is 0. The van der Waals surface area contributed by atoms with E-state index in [-0.39, 0.29) is 5.88 Å². The van der Waals surface area contributed by atoms with Gasteiger partial charge in [0, 0.05) is 18.3 Å². The van der Waals surface area contributed by atoms with Gasteiger partial charge < -0.3 is 5.11 Å². The highest BCUT2D eigenvalue weighted by molar-refractivity contribution is 5.20. The first kappa shape index (κ1) is 8.48. The van der Waals surface area contributed by atoms with Gasteiger partial charge in [0.05, 0.1) is 0 Å². The van der Waals surface area contributed by atoms with Crippen molar-refractivity contribution >= 4 is 0 Å². The number of aromatic hydroxyl groups is 1. The molecule has 70 valence electrons. The van der Waals surface area contributed by atoms with Crippen molar-refractivity contribution in [3.8, 4) is 5.88 Å². The van der Waals surface area contributed by atoms with Gasteiger partial charge in [0.2, 0.25) is 5.88 Å². The molecule has 1 aromatic heterocycles. The van der Waals surface area contributed by atoms with Crippen molar-refractivity contribution in [3.05, 3.63) is 18.1 Å². The van der Waals surface area contributed by atoms with Gasteiger partial charge in [-0.3, -0.25) is 4.98 Å². The third-order valence-electron chi connectivity index (χ3n) is 2.70. The van der Waals surface area contributed by atoms with Crippen LogP contribution >= 0.6 is 0 Å². The Balaban J connectivity index is 2.18. The second kappa shape index (κ2) is 3.73. The summed E-state index contributed by atoms with van der Waals surface area (Å²) < 4.78 is 0. The van der Waals surface area contributed by atoms with Crippen molar-refractivity contribution in [2.24, 2.45) is 0 Å². The first-order chi connectivity index (χ1) is 6.38. The lowest BCUT2D eigenvalue weighted by atomic mass is 9.87. The van der Waals surface area contributed by atoms with Crippen molar-refractivity contribution < 1.29 is 5.11 Å². The van der Waals surface area contributed by atoms with Crippen molar-refractivity contribution in [1.29, 1.82) is 0 Å². The largest absolute Gasteiger partial charge is 0.492 e. The lowest BCUT2D eigenvalue weighted by Gasteiger charge is -2.20. The van der Waals surface area contributed by atoms with Crippen LogP contribution in [0.3, 0.4) is 0 Å². The Morgan fingerprint density at radius 2 is 1.77 bits per heavy atom. The molecule has 1 N–H and O–H groups in total. The van der Waals surface area contributed by atoms with Gasteiger partial charge in [0.25, 0.3) is 0 Å².